The molecule has 0 aromatic heterocycles. The molecule has 0 saturated carbocycles. The van der Waals surface area contributed by atoms with E-state index in [1.807, 2.05) is 24.3 Å². The third-order valence-corrected chi connectivity index (χ3v) is 5.93. The minimum Gasteiger partial charge on any atom is -0.493 e. The fourth-order valence-electron chi connectivity index (χ4n) is 3.86. The number of aryl methyl sites for hydroxylation is 1. The molecule has 0 spiro atoms. The zero-order chi connectivity index (χ0) is 22.9. The van der Waals surface area contributed by atoms with Gasteiger partial charge in [-0.25, -0.2) is 4.39 Å². The molecule has 7 heteroatoms. The Labute approximate surface area is 190 Å². The van der Waals surface area contributed by atoms with Crippen LogP contribution in [0.3, 0.4) is 0 Å². The summed E-state index contributed by atoms with van der Waals surface area (Å²) in [6.07, 6.45) is -0.552. The molecule has 0 radical (unpaired) electrons. The topological polar surface area (TPSA) is 57.2 Å². The van der Waals surface area contributed by atoms with Crippen molar-refractivity contribution in [2.45, 2.75) is 33.0 Å². The van der Waals surface area contributed by atoms with Crippen molar-refractivity contribution < 1.29 is 19.0 Å². The predicted octanol–water partition coefficient (Wildman–Crippen LogP) is 2.81. The molecule has 2 aromatic rings. The molecule has 1 aliphatic rings. The van der Waals surface area contributed by atoms with Crippen molar-refractivity contribution in [3.63, 3.8) is 0 Å². The minimum atomic E-state index is -0.552. The second-order valence-corrected chi connectivity index (χ2v) is 8.37. The van der Waals surface area contributed by atoms with Crippen LogP contribution in [-0.2, 0) is 13.1 Å². The molecule has 1 aliphatic heterocycles. The average Bonchev–Trinajstić information content (AvgIpc) is 2.81. The van der Waals surface area contributed by atoms with Crippen molar-refractivity contribution in [1.82, 2.24) is 15.1 Å². The first kappa shape index (κ1) is 24.5. The van der Waals surface area contributed by atoms with Crippen LogP contribution in [0.25, 0.3) is 0 Å². The lowest BCUT2D eigenvalue weighted by molar-refractivity contribution is 0.0464. The van der Waals surface area contributed by atoms with Gasteiger partial charge in [-0.3, -0.25) is 4.90 Å². The largest absolute Gasteiger partial charge is 0.493 e. The van der Waals surface area contributed by atoms with E-state index in [2.05, 4.69) is 22.0 Å². The number of ether oxygens (including phenoxy) is 2. The first-order valence-electron chi connectivity index (χ1n) is 11.4. The summed E-state index contributed by atoms with van der Waals surface area (Å²) in [6.45, 7) is 11.1. The summed E-state index contributed by atoms with van der Waals surface area (Å²) in [7, 11) is 1.61. The molecule has 1 saturated heterocycles. The van der Waals surface area contributed by atoms with Gasteiger partial charge >= 0.3 is 0 Å². The van der Waals surface area contributed by atoms with Gasteiger partial charge in [-0.2, -0.15) is 0 Å². The molecule has 1 fully saturated rings. The maximum atomic E-state index is 13.7. The molecule has 2 aromatic carbocycles. The Morgan fingerprint density at radius 3 is 2.31 bits per heavy atom. The van der Waals surface area contributed by atoms with Crippen molar-refractivity contribution in [2.24, 2.45) is 0 Å². The molecule has 0 amide bonds. The summed E-state index contributed by atoms with van der Waals surface area (Å²) in [6, 6.07) is 11.0. The average molecular weight is 446 g/mol. The van der Waals surface area contributed by atoms with Gasteiger partial charge in [0.05, 0.1) is 7.11 Å². The Balaban J connectivity index is 1.45. The summed E-state index contributed by atoms with van der Waals surface area (Å²) in [5, 5.41) is 13.7. The van der Waals surface area contributed by atoms with Crippen molar-refractivity contribution >= 4 is 0 Å². The van der Waals surface area contributed by atoms with Crippen LogP contribution < -0.4 is 14.8 Å². The van der Waals surface area contributed by atoms with E-state index in [-0.39, 0.29) is 12.4 Å². The number of nitrogens with zero attached hydrogens (tertiary/aromatic N) is 2. The molecule has 3 rings (SSSR count). The molecular formula is C25H36FN3O3. The summed E-state index contributed by atoms with van der Waals surface area (Å²) >= 11 is 0. The third kappa shape index (κ3) is 7.17. The lowest BCUT2D eigenvalue weighted by atomic mass is 10.1. The van der Waals surface area contributed by atoms with Crippen molar-refractivity contribution in [3.05, 3.63) is 58.9 Å². The molecule has 0 bridgehead atoms. The quantitative estimate of drug-likeness (QED) is 0.555. The Morgan fingerprint density at radius 1 is 1.00 bits per heavy atom. The smallest absolute Gasteiger partial charge is 0.161 e. The van der Waals surface area contributed by atoms with Gasteiger partial charge in [-0.05, 0) is 48.4 Å². The van der Waals surface area contributed by atoms with Gasteiger partial charge in [0.1, 0.15) is 18.5 Å². The summed E-state index contributed by atoms with van der Waals surface area (Å²) in [5.74, 6) is 1.07. The fourth-order valence-corrected chi connectivity index (χ4v) is 3.86. The first-order valence-corrected chi connectivity index (χ1v) is 11.4. The molecule has 32 heavy (non-hydrogen) atoms. The van der Waals surface area contributed by atoms with Gasteiger partial charge in [0.15, 0.2) is 11.5 Å². The standard InChI is InChI=1S/C25H36FN3O3/c1-4-28-9-11-29(12-10-28)17-22(30)18-32-24-8-7-21(14-25(24)31-3)16-27-15-20-6-5-19(2)23(26)13-20/h5-8,13-14,22,27,30H,4,9-12,15-18H2,1-3H3. The zero-order valence-electron chi connectivity index (χ0n) is 19.4. The number of piperazine rings is 1. The Bertz CT molecular complexity index is 856. The highest BCUT2D eigenvalue weighted by atomic mass is 19.1. The van der Waals surface area contributed by atoms with E-state index in [0.717, 1.165) is 43.9 Å². The number of β-amino-alcohol motifs (C(OH)–C–C–N with tert-alkyl or cyclic N) is 1. The zero-order valence-corrected chi connectivity index (χ0v) is 19.4. The number of aliphatic hydroxyl groups is 1. The lowest BCUT2D eigenvalue weighted by Crippen LogP contribution is -2.49. The monoisotopic (exact) mass is 445 g/mol. The number of hydrogen-bond acceptors (Lipinski definition) is 6. The van der Waals surface area contributed by atoms with Crippen LogP contribution in [0.4, 0.5) is 4.39 Å². The minimum absolute atomic E-state index is 0.183. The number of hydrogen-bond donors (Lipinski definition) is 2. The third-order valence-electron chi connectivity index (χ3n) is 5.93. The Morgan fingerprint density at radius 2 is 1.66 bits per heavy atom. The van der Waals surface area contributed by atoms with Crippen molar-refractivity contribution in [1.29, 1.82) is 0 Å². The number of methoxy groups -OCH3 is 1. The molecule has 6 nitrogen and oxygen atoms in total. The highest BCUT2D eigenvalue weighted by Gasteiger charge is 2.19. The van der Waals surface area contributed by atoms with Crippen LogP contribution in [0.15, 0.2) is 36.4 Å². The summed E-state index contributed by atoms with van der Waals surface area (Å²) < 4.78 is 25.0. The highest BCUT2D eigenvalue weighted by molar-refractivity contribution is 5.43. The van der Waals surface area contributed by atoms with E-state index in [4.69, 9.17) is 9.47 Å². The van der Waals surface area contributed by atoms with Crippen LogP contribution in [0.2, 0.25) is 0 Å². The van der Waals surface area contributed by atoms with Gasteiger partial charge in [0.25, 0.3) is 0 Å². The van der Waals surface area contributed by atoms with Crippen molar-refractivity contribution in [2.75, 3.05) is 53.0 Å². The van der Waals surface area contributed by atoms with Crippen LogP contribution in [0.5, 0.6) is 11.5 Å². The summed E-state index contributed by atoms with van der Waals surface area (Å²) in [5.41, 5.74) is 2.60. The van der Waals surface area contributed by atoms with Crippen LogP contribution >= 0.6 is 0 Å². The van der Waals surface area contributed by atoms with Gasteiger partial charge in [0, 0.05) is 45.8 Å². The molecule has 1 atom stereocenters. The molecule has 1 unspecified atom stereocenters. The number of nitrogens with one attached hydrogen (secondary N) is 1. The van der Waals surface area contributed by atoms with Gasteiger partial charge in [-0.15, -0.1) is 0 Å². The molecule has 0 aliphatic carbocycles. The van der Waals surface area contributed by atoms with Gasteiger partial charge < -0.3 is 24.8 Å². The van der Waals surface area contributed by atoms with Gasteiger partial charge in [-0.1, -0.05) is 25.1 Å². The molecule has 176 valence electrons. The van der Waals surface area contributed by atoms with Gasteiger partial charge in [0.2, 0.25) is 0 Å². The second-order valence-electron chi connectivity index (χ2n) is 8.37. The SMILES string of the molecule is CCN1CCN(CC(O)COc2ccc(CNCc3ccc(C)c(F)c3)cc2OC)CC1. The number of aliphatic hydroxyl groups excluding tert-OH is 1. The fraction of sp³-hybridized carbons (Fsp3) is 0.520. The number of halogens is 1. The van der Waals surface area contributed by atoms with E-state index in [0.29, 0.717) is 36.7 Å². The van der Waals surface area contributed by atoms with Crippen molar-refractivity contribution in [3.8, 4) is 11.5 Å². The normalized spacial score (nSPS) is 16.2. The first-order chi connectivity index (χ1) is 15.5. The van der Waals surface area contributed by atoms with Crippen LogP contribution in [0.1, 0.15) is 23.6 Å². The Kier molecular flexibility index (Phi) is 9.29. The second kappa shape index (κ2) is 12.2. The van der Waals surface area contributed by atoms with Crippen LogP contribution in [0, 0.1) is 12.7 Å². The maximum Gasteiger partial charge on any atom is 0.161 e. The number of benzene rings is 2. The maximum absolute atomic E-state index is 13.7. The molecule has 1 heterocycles. The van der Waals surface area contributed by atoms with E-state index >= 15 is 0 Å². The van der Waals surface area contributed by atoms with E-state index in [1.165, 1.54) is 0 Å². The van der Waals surface area contributed by atoms with Crippen LogP contribution in [-0.4, -0.2) is 74.0 Å². The summed E-state index contributed by atoms with van der Waals surface area (Å²) in [4.78, 5) is 4.70. The molecule has 2 N–H and O–H groups in total. The Hall–Kier alpha value is -2.19. The lowest BCUT2D eigenvalue weighted by Gasteiger charge is -2.34. The highest BCUT2D eigenvalue weighted by Crippen LogP contribution is 2.28. The van der Waals surface area contributed by atoms with E-state index < -0.39 is 6.10 Å². The number of likely N-dealkylation sites (N-methyl/N-ethyl adjacent to an activating group) is 1. The predicted molar refractivity (Wildman–Crippen MR) is 125 cm³/mol. The van der Waals surface area contributed by atoms with E-state index in [1.54, 1.807) is 26.2 Å². The van der Waals surface area contributed by atoms with E-state index in [9.17, 15) is 9.50 Å². The number of rotatable bonds is 11. The molecular weight excluding hydrogens is 409 g/mol.